The van der Waals surface area contributed by atoms with Crippen LogP contribution in [-0.4, -0.2) is 62.7 Å². The van der Waals surface area contributed by atoms with Crippen molar-refractivity contribution in [2.24, 2.45) is 5.92 Å². The molecule has 1 fully saturated rings. The van der Waals surface area contributed by atoms with E-state index in [1.54, 1.807) is 0 Å². The number of piperazine rings is 1. The predicted octanol–water partition coefficient (Wildman–Crippen LogP) is 1.82. The average Bonchev–Trinajstić information content (AvgIpc) is 2.37. The SMILES string of the molecule is C/C=C(/C)CC(C)CN(C)CCN1CCNCC1. The first-order valence-corrected chi connectivity index (χ1v) is 7.35. The fraction of sp³-hybridized carbons (Fsp3) is 0.867. The first kappa shape index (κ1) is 15.7. The van der Waals surface area contributed by atoms with Crippen LogP contribution in [-0.2, 0) is 0 Å². The highest BCUT2D eigenvalue weighted by Crippen LogP contribution is 2.11. The molecule has 1 saturated heterocycles. The fourth-order valence-corrected chi connectivity index (χ4v) is 2.60. The molecule has 0 spiro atoms. The monoisotopic (exact) mass is 253 g/mol. The summed E-state index contributed by atoms with van der Waals surface area (Å²) in [5.74, 6) is 0.759. The van der Waals surface area contributed by atoms with Crippen molar-refractivity contribution in [3.05, 3.63) is 11.6 Å². The summed E-state index contributed by atoms with van der Waals surface area (Å²) in [7, 11) is 2.25. The Kier molecular flexibility index (Phi) is 7.56. The zero-order valence-corrected chi connectivity index (χ0v) is 12.7. The molecule has 18 heavy (non-hydrogen) atoms. The highest BCUT2D eigenvalue weighted by atomic mass is 15.2. The van der Waals surface area contributed by atoms with Gasteiger partial charge in [0.1, 0.15) is 0 Å². The highest BCUT2D eigenvalue weighted by Gasteiger charge is 2.11. The number of nitrogens with one attached hydrogen (secondary N) is 1. The van der Waals surface area contributed by atoms with E-state index in [4.69, 9.17) is 0 Å². The summed E-state index contributed by atoms with van der Waals surface area (Å²) in [5, 5.41) is 3.40. The molecule has 1 unspecified atom stereocenters. The largest absolute Gasteiger partial charge is 0.314 e. The van der Waals surface area contributed by atoms with Gasteiger partial charge in [-0.05, 0) is 33.2 Å². The molecule has 0 aromatic rings. The van der Waals surface area contributed by atoms with Crippen molar-refractivity contribution in [2.75, 3.05) is 52.9 Å². The topological polar surface area (TPSA) is 18.5 Å². The summed E-state index contributed by atoms with van der Waals surface area (Å²) in [5.41, 5.74) is 1.51. The summed E-state index contributed by atoms with van der Waals surface area (Å²) >= 11 is 0. The molecule has 0 radical (unpaired) electrons. The Balaban J connectivity index is 2.14. The van der Waals surface area contributed by atoms with Gasteiger partial charge in [-0.2, -0.15) is 0 Å². The van der Waals surface area contributed by atoms with Crippen LogP contribution in [0.5, 0.6) is 0 Å². The predicted molar refractivity (Wildman–Crippen MR) is 80.0 cm³/mol. The van der Waals surface area contributed by atoms with Gasteiger partial charge in [-0.3, -0.25) is 4.90 Å². The second kappa shape index (κ2) is 8.68. The Morgan fingerprint density at radius 1 is 1.39 bits per heavy atom. The second-order valence-electron chi connectivity index (χ2n) is 5.80. The number of rotatable bonds is 7. The molecule has 1 rings (SSSR count). The van der Waals surface area contributed by atoms with Crippen molar-refractivity contribution in [2.45, 2.75) is 27.2 Å². The molecule has 106 valence electrons. The van der Waals surface area contributed by atoms with Crippen molar-refractivity contribution >= 4 is 0 Å². The van der Waals surface area contributed by atoms with E-state index in [0.717, 1.165) is 19.0 Å². The van der Waals surface area contributed by atoms with Crippen LogP contribution in [0.1, 0.15) is 27.2 Å². The van der Waals surface area contributed by atoms with Gasteiger partial charge in [0, 0.05) is 45.8 Å². The number of nitrogens with zero attached hydrogens (tertiary/aromatic N) is 2. The lowest BCUT2D eigenvalue weighted by atomic mass is 10.0. The van der Waals surface area contributed by atoms with Crippen LogP contribution in [0.3, 0.4) is 0 Å². The average molecular weight is 253 g/mol. The molecular weight excluding hydrogens is 222 g/mol. The zero-order chi connectivity index (χ0) is 13.4. The molecular formula is C15H31N3. The maximum Gasteiger partial charge on any atom is 0.0110 e. The molecule has 3 nitrogen and oxygen atoms in total. The second-order valence-corrected chi connectivity index (χ2v) is 5.80. The highest BCUT2D eigenvalue weighted by molar-refractivity contribution is 4.96. The number of hydrogen-bond acceptors (Lipinski definition) is 3. The maximum absolute atomic E-state index is 3.40. The smallest absolute Gasteiger partial charge is 0.0110 e. The number of likely N-dealkylation sites (N-methyl/N-ethyl adjacent to an activating group) is 1. The van der Waals surface area contributed by atoms with E-state index in [9.17, 15) is 0 Å². The van der Waals surface area contributed by atoms with Crippen molar-refractivity contribution in [3.8, 4) is 0 Å². The Labute approximate surface area is 113 Å². The third-order valence-electron chi connectivity index (χ3n) is 3.79. The molecule has 1 aliphatic heterocycles. The molecule has 1 atom stereocenters. The lowest BCUT2D eigenvalue weighted by molar-refractivity contribution is 0.195. The van der Waals surface area contributed by atoms with E-state index in [2.05, 4.69) is 49.0 Å². The van der Waals surface area contributed by atoms with Crippen LogP contribution >= 0.6 is 0 Å². The Bertz CT molecular complexity index is 244. The van der Waals surface area contributed by atoms with Crippen LogP contribution in [0.4, 0.5) is 0 Å². The van der Waals surface area contributed by atoms with Crippen molar-refractivity contribution in [1.82, 2.24) is 15.1 Å². The van der Waals surface area contributed by atoms with Gasteiger partial charge in [0.05, 0.1) is 0 Å². The minimum absolute atomic E-state index is 0.759. The van der Waals surface area contributed by atoms with Crippen molar-refractivity contribution in [1.29, 1.82) is 0 Å². The van der Waals surface area contributed by atoms with Crippen LogP contribution in [0.25, 0.3) is 0 Å². The standard InChI is InChI=1S/C15H31N3/c1-5-14(2)12-15(3)13-17(4)10-11-18-8-6-16-7-9-18/h5,15-16H,6-13H2,1-4H3/b14-5-. The maximum atomic E-state index is 3.40. The number of hydrogen-bond donors (Lipinski definition) is 1. The molecule has 0 bridgehead atoms. The summed E-state index contributed by atoms with van der Waals surface area (Å²) in [6.07, 6.45) is 3.46. The van der Waals surface area contributed by atoms with Gasteiger partial charge < -0.3 is 10.2 Å². The summed E-state index contributed by atoms with van der Waals surface area (Å²) in [4.78, 5) is 5.05. The Hall–Kier alpha value is -0.380. The van der Waals surface area contributed by atoms with Gasteiger partial charge in [-0.1, -0.05) is 18.6 Å². The molecule has 1 N–H and O–H groups in total. The molecule has 1 aliphatic rings. The quantitative estimate of drug-likeness (QED) is 0.698. The van der Waals surface area contributed by atoms with Gasteiger partial charge in [0.15, 0.2) is 0 Å². The molecule has 1 heterocycles. The van der Waals surface area contributed by atoms with E-state index in [1.165, 1.54) is 44.7 Å². The Morgan fingerprint density at radius 2 is 2.06 bits per heavy atom. The third-order valence-corrected chi connectivity index (χ3v) is 3.79. The first-order chi connectivity index (χ1) is 8.61. The Morgan fingerprint density at radius 3 is 2.67 bits per heavy atom. The zero-order valence-electron chi connectivity index (χ0n) is 12.7. The van der Waals surface area contributed by atoms with Gasteiger partial charge in [0.25, 0.3) is 0 Å². The molecule has 0 aromatic heterocycles. The molecule has 0 saturated carbocycles. The summed E-state index contributed by atoms with van der Waals surface area (Å²) < 4.78 is 0. The van der Waals surface area contributed by atoms with Gasteiger partial charge in [0.2, 0.25) is 0 Å². The van der Waals surface area contributed by atoms with E-state index in [-0.39, 0.29) is 0 Å². The van der Waals surface area contributed by atoms with Crippen LogP contribution < -0.4 is 5.32 Å². The lowest BCUT2D eigenvalue weighted by Crippen LogP contribution is -2.46. The lowest BCUT2D eigenvalue weighted by Gasteiger charge is -2.30. The van der Waals surface area contributed by atoms with Gasteiger partial charge >= 0.3 is 0 Å². The number of allylic oxidation sites excluding steroid dienone is 2. The molecule has 0 amide bonds. The van der Waals surface area contributed by atoms with Crippen LogP contribution in [0, 0.1) is 5.92 Å². The van der Waals surface area contributed by atoms with E-state index < -0.39 is 0 Å². The fourth-order valence-electron chi connectivity index (χ4n) is 2.60. The van der Waals surface area contributed by atoms with Gasteiger partial charge in [-0.25, -0.2) is 0 Å². The summed E-state index contributed by atoms with van der Waals surface area (Å²) in [6.45, 7) is 15.1. The van der Waals surface area contributed by atoms with E-state index in [1.807, 2.05) is 0 Å². The molecule has 0 aromatic carbocycles. The normalized spacial score (nSPS) is 20.4. The van der Waals surface area contributed by atoms with Crippen molar-refractivity contribution < 1.29 is 0 Å². The minimum Gasteiger partial charge on any atom is -0.314 e. The van der Waals surface area contributed by atoms with E-state index in [0.29, 0.717) is 0 Å². The van der Waals surface area contributed by atoms with Crippen LogP contribution in [0.2, 0.25) is 0 Å². The minimum atomic E-state index is 0.759. The van der Waals surface area contributed by atoms with Crippen LogP contribution in [0.15, 0.2) is 11.6 Å². The molecule has 0 aliphatic carbocycles. The van der Waals surface area contributed by atoms with E-state index >= 15 is 0 Å². The summed E-state index contributed by atoms with van der Waals surface area (Å²) in [6, 6.07) is 0. The van der Waals surface area contributed by atoms with Gasteiger partial charge in [-0.15, -0.1) is 0 Å². The molecule has 3 heteroatoms. The first-order valence-electron chi connectivity index (χ1n) is 7.35. The van der Waals surface area contributed by atoms with Crippen molar-refractivity contribution in [3.63, 3.8) is 0 Å². The third kappa shape index (κ3) is 6.53.